The fourth-order valence-corrected chi connectivity index (χ4v) is 2.50. The zero-order valence-corrected chi connectivity index (χ0v) is 13.5. The van der Waals surface area contributed by atoms with Gasteiger partial charge in [0.1, 0.15) is 17.2 Å². The van der Waals surface area contributed by atoms with Crippen molar-refractivity contribution in [2.45, 2.75) is 6.18 Å². The molecule has 130 valence electrons. The Hall–Kier alpha value is -2.74. The molecule has 9 heteroatoms. The van der Waals surface area contributed by atoms with Crippen LogP contribution in [0.5, 0.6) is 0 Å². The standard InChI is InChI=1S/C16H11ClF3N3O2/c1-23-12(14(24)22-15(23)21)7-9-3-5-13(25-9)10-6-8(16(18,19)20)2-4-11(10)17/h2-7H,1H3,(H2,21,22,24)/b12-7+. The summed E-state index contributed by atoms with van der Waals surface area (Å²) in [6, 6.07) is 5.91. The number of guanidine groups is 1. The molecule has 2 N–H and O–H groups in total. The topological polar surface area (TPSA) is 69.3 Å². The van der Waals surface area contributed by atoms with E-state index >= 15 is 0 Å². The number of rotatable bonds is 2. The smallest absolute Gasteiger partial charge is 0.416 e. The van der Waals surface area contributed by atoms with E-state index in [4.69, 9.17) is 21.4 Å². The highest BCUT2D eigenvalue weighted by molar-refractivity contribution is 6.33. The van der Waals surface area contributed by atoms with Gasteiger partial charge in [0.2, 0.25) is 5.96 Å². The summed E-state index contributed by atoms with van der Waals surface area (Å²) in [5.74, 6) is -0.166. The van der Waals surface area contributed by atoms with Gasteiger partial charge in [0.15, 0.2) is 0 Å². The van der Waals surface area contributed by atoms with Gasteiger partial charge in [-0.25, -0.2) is 0 Å². The molecule has 5 nitrogen and oxygen atoms in total. The molecule has 0 atom stereocenters. The number of amides is 1. The van der Waals surface area contributed by atoms with E-state index in [-0.39, 0.29) is 33.8 Å². The molecule has 1 fully saturated rings. The van der Waals surface area contributed by atoms with Gasteiger partial charge >= 0.3 is 6.18 Å². The molecule has 25 heavy (non-hydrogen) atoms. The lowest BCUT2D eigenvalue weighted by Crippen LogP contribution is -2.25. The first kappa shape index (κ1) is 17.1. The molecule has 1 aliphatic rings. The van der Waals surface area contributed by atoms with E-state index in [1.165, 1.54) is 30.2 Å². The molecule has 1 aromatic carbocycles. The molecule has 0 bridgehead atoms. The van der Waals surface area contributed by atoms with Crippen LogP contribution in [0.4, 0.5) is 13.2 Å². The normalized spacial score (nSPS) is 16.7. The highest BCUT2D eigenvalue weighted by Gasteiger charge is 2.31. The molecule has 3 rings (SSSR count). The van der Waals surface area contributed by atoms with Crippen LogP contribution in [0.2, 0.25) is 5.02 Å². The van der Waals surface area contributed by atoms with E-state index in [0.717, 1.165) is 18.2 Å². The van der Waals surface area contributed by atoms with Crippen molar-refractivity contribution in [3.8, 4) is 11.3 Å². The summed E-state index contributed by atoms with van der Waals surface area (Å²) in [5.41, 5.74) is -0.564. The summed E-state index contributed by atoms with van der Waals surface area (Å²) in [5, 5.41) is 9.96. The van der Waals surface area contributed by atoms with Crippen LogP contribution >= 0.6 is 11.6 Å². The lowest BCUT2D eigenvalue weighted by atomic mass is 10.1. The van der Waals surface area contributed by atoms with Crippen LogP contribution in [0, 0.1) is 5.41 Å². The Balaban J connectivity index is 1.98. The quantitative estimate of drug-likeness (QED) is 0.787. The SMILES string of the molecule is CN1C(=N)NC(=O)/C1=C\c1ccc(-c2cc(C(F)(F)F)ccc2Cl)o1. The van der Waals surface area contributed by atoms with Crippen LogP contribution in [0.1, 0.15) is 11.3 Å². The van der Waals surface area contributed by atoms with Crippen molar-refractivity contribution in [1.82, 2.24) is 10.2 Å². The Labute approximate surface area is 145 Å². The second kappa shape index (κ2) is 5.96. The number of carbonyl (C=O) groups is 1. The van der Waals surface area contributed by atoms with Crippen LogP contribution in [0.15, 0.2) is 40.4 Å². The van der Waals surface area contributed by atoms with Gasteiger partial charge in [0.05, 0.1) is 10.6 Å². The Morgan fingerprint density at radius 3 is 2.60 bits per heavy atom. The second-order valence-electron chi connectivity index (χ2n) is 5.29. The summed E-state index contributed by atoms with van der Waals surface area (Å²) < 4.78 is 44.1. The number of carbonyl (C=O) groups excluding carboxylic acids is 1. The molecule has 1 aliphatic heterocycles. The number of likely N-dealkylation sites (N-methyl/N-ethyl adjacent to an activating group) is 1. The van der Waals surface area contributed by atoms with Gasteiger partial charge in [-0.1, -0.05) is 11.6 Å². The third kappa shape index (κ3) is 3.25. The molecule has 0 aliphatic carbocycles. The van der Waals surface area contributed by atoms with E-state index in [0.29, 0.717) is 0 Å². The maximum absolute atomic E-state index is 12.9. The first-order valence-corrected chi connectivity index (χ1v) is 7.37. The molecule has 0 unspecified atom stereocenters. The van der Waals surface area contributed by atoms with Gasteiger partial charge in [0, 0.05) is 18.7 Å². The minimum atomic E-state index is -4.50. The molecule has 0 radical (unpaired) electrons. The molecular formula is C16H11ClF3N3O2. The van der Waals surface area contributed by atoms with Gasteiger partial charge < -0.3 is 9.32 Å². The Morgan fingerprint density at radius 1 is 1.28 bits per heavy atom. The van der Waals surface area contributed by atoms with E-state index in [1.807, 2.05) is 0 Å². The first-order chi connectivity index (χ1) is 11.7. The summed E-state index contributed by atoms with van der Waals surface area (Å²) in [4.78, 5) is 13.1. The number of halogens is 4. The number of furan rings is 1. The van der Waals surface area contributed by atoms with E-state index < -0.39 is 17.6 Å². The van der Waals surface area contributed by atoms with Crippen molar-refractivity contribution in [1.29, 1.82) is 5.41 Å². The van der Waals surface area contributed by atoms with Gasteiger partial charge in [0.25, 0.3) is 5.91 Å². The Morgan fingerprint density at radius 2 is 2.00 bits per heavy atom. The van der Waals surface area contributed by atoms with Gasteiger partial charge in [-0.15, -0.1) is 0 Å². The summed E-state index contributed by atoms with van der Waals surface area (Å²) in [7, 11) is 1.53. The number of nitrogens with one attached hydrogen (secondary N) is 2. The third-order valence-electron chi connectivity index (χ3n) is 3.63. The minimum Gasteiger partial charge on any atom is -0.457 e. The molecule has 1 aromatic heterocycles. The third-order valence-corrected chi connectivity index (χ3v) is 3.96. The van der Waals surface area contributed by atoms with Crippen LogP contribution in [-0.2, 0) is 11.0 Å². The molecule has 1 saturated heterocycles. The second-order valence-corrected chi connectivity index (χ2v) is 5.69. The summed E-state index contributed by atoms with van der Waals surface area (Å²) >= 11 is 5.98. The largest absolute Gasteiger partial charge is 0.457 e. The highest BCUT2D eigenvalue weighted by Crippen LogP contribution is 2.36. The number of alkyl halides is 3. The van der Waals surface area contributed by atoms with E-state index in [9.17, 15) is 18.0 Å². The van der Waals surface area contributed by atoms with Crippen LogP contribution in [-0.4, -0.2) is 23.8 Å². The average molecular weight is 370 g/mol. The predicted molar refractivity (Wildman–Crippen MR) is 85.8 cm³/mol. The average Bonchev–Trinajstić information content (AvgIpc) is 3.07. The van der Waals surface area contributed by atoms with Crippen molar-refractivity contribution < 1.29 is 22.4 Å². The fourth-order valence-electron chi connectivity index (χ4n) is 2.29. The summed E-state index contributed by atoms with van der Waals surface area (Å²) in [6.07, 6.45) is -3.11. The number of hydrogen-bond donors (Lipinski definition) is 2. The molecule has 0 saturated carbocycles. The predicted octanol–water partition coefficient (Wildman–Crippen LogP) is 3.96. The fraction of sp³-hybridized carbons (Fsp3) is 0.125. The van der Waals surface area contributed by atoms with Crippen molar-refractivity contribution in [3.63, 3.8) is 0 Å². The van der Waals surface area contributed by atoms with Gasteiger partial charge in [-0.2, -0.15) is 13.2 Å². The lowest BCUT2D eigenvalue weighted by Gasteiger charge is -2.09. The van der Waals surface area contributed by atoms with Crippen molar-refractivity contribution in [3.05, 3.63) is 52.4 Å². The number of benzene rings is 1. The van der Waals surface area contributed by atoms with Crippen molar-refractivity contribution in [2.24, 2.45) is 0 Å². The lowest BCUT2D eigenvalue weighted by molar-refractivity contribution is -0.137. The monoisotopic (exact) mass is 369 g/mol. The minimum absolute atomic E-state index is 0.0797. The maximum Gasteiger partial charge on any atom is 0.416 e. The van der Waals surface area contributed by atoms with Crippen molar-refractivity contribution >= 4 is 29.5 Å². The number of hydrogen-bond acceptors (Lipinski definition) is 3. The molecule has 2 heterocycles. The molecule has 1 amide bonds. The zero-order chi connectivity index (χ0) is 18.4. The van der Waals surface area contributed by atoms with Crippen LogP contribution in [0.3, 0.4) is 0 Å². The number of nitrogens with zero attached hydrogens (tertiary/aromatic N) is 1. The maximum atomic E-state index is 12.9. The zero-order valence-electron chi connectivity index (χ0n) is 12.7. The van der Waals surface area contributed by atoms with Crippen molar-refractivity contribution in [2.75, 3.05) is 7.05 Å². The first-order valence-electron chi connectivity index (χ1n) is 6.99. The van der Waals surface area contributed by atoms with E-state index in [2.05, 4.69) is 5.32 Å². The molecule has 2 aromatic rings. The van der Waals surface area contributed by atoms with Crippen LogP contribution in [0.25, 0.3) is 17.4 Å². The van der Waals surface area contributed by atoms with Crippen LogP contribution < -0.4 is 5.32 Å². The van der Waals surface area contributed by atoms with E-state index in [1.54, 1.807) is 0 Å². The highest BCUT2D eigenvalue weighted by atomic mass is 35.5. The Kier molecular flexibility index (Phi) is 4.08. The van der Waals surface area contributed by atoms with Gasteiger partial charge in [-0.05, 0) is 30.3 Å². The van der Waals surface area contributed by atoms with Gasteiger partial charge in [-0.3, -0.25) is 15.5 Å². The Bertz CT molecular complexity index is 902. The molecule has 0 spiro atoms. The molecular weight excluding hydrogens is 359 g/mol. The summed E-state index contributed by atoms with van der Waals surface area (Å²) in [6.45, 7) is 0.